The van der Waals surface area contributed by atoms with Crippen LogP contribution in [-0.4, -0.2) is 42.1 Å². The summed E-state index contributed by atoms with van der Waals surface area (Å²) in [6.07, 6.45) is 5.25. The van der Waals surface area contributed by atoms with Gasteiger partial charge in [-0.2, -0.15) is 0 Å². The maximum Gasteiger partial charge on any atom is 0.303 e. The molecule has 174 valence electrons. The monoisotopic (exact) mass is 511 g/mol. The van der Waals surface area contributed by atoms with Crippen molar-refractivity contribution < 1.29 is 14.7 Å². The fraction of sp³-hybridized carbons (Fsp3) is 0.208. The van der Waals surface area contributed by atoms with E-state index in [0.29, 0.717) is 51.3 Å². The number of carbonyl (C=O) groups excluding carboxylic acids is 1. The lowest BCUT2D eigenvalue weighted by Gasteiger charge is -2.13. The third-order valence-corrected chi connectivity index (χ3v) is 7.50. The number of carboxylic acids is 1. The summed E-state index contributed by atoms with van der Waals surface area (Å²) >= 11 is 7.94. The van der Waals surface area contributed by atoms with Crippen LogP contribution in [0.5, 0.6) is 0 Å². The number of benzene rings is 1. The van der Waals surface area contributed by atoms with Gasteiger partial charge in [0.25, 0.3) is 11.5 Å². The number of unbranched alkanes of at least 4 members (excludes halogenated alkanes) is 2. The van der Waals surface area contributed by atoms with Gasteiger partial charge in [0.15, 0.2) is 0 Å². The maximum absolute atomic E-state index is 13.3. The fourth-order valence-corrected chi connectivity index (χ4v) is 5.63. The van der Waals surface area contributed by atoms with Gasteiger partial charge < -0.3 is 5.11 Å². The van der Waals surface area contributed by atoms with Gasteiger partial charge in [-0.25, -0.2) is 4.98 Å². The van der Waals surface area contributed by atoms with Gasteiger partial charge >= 0.3 is 5.97 Å². The van der Waals surface area contributed by atoms with Gasteiger partial charge in [-0.05, 0) is 43.2 Å². The van der Waals surface area contributed by atoms with Gasteiger partial charge in [0, 0.05) is 24.1 Å². The van der Waals surface area contributed by atoms with E-state index < -0.39 is 5.97 Å². The topological polar surface area (TPSA) is 92.0 Å². The number of nitrogens with zero attached hydrogens (tertiary/aromatic N) is 3. The van der Waals surface area contributed by atoms with Crippen molar-refractivity contribution in [2.24, 2.45) is 0 Å². The average molecular weight is 512 g/mol. The minimum atomic E-state index is -0.826. The normalized spacial score (nSPS) is 14.9. The summed E-state index contributed by atoms with van der Waals surface area (Å²) in [5.41, 5.74) is 0.597. The Balaban J connectivity index is 1.63. The summed E-state index contributed by atoms with van der Waals surface area (Å²) in [4.78, 5) is 44.6. The number of carbonyl (C=O) groups is 2. The Labute approximate surface area is 209 Å². The van der Waals surface area contributed by atoms with Gasteiger partial charge in [0.05, 0.1) is 10.5 Å². The van der Waals surface area contributed by atoms with Gasteiger partial charge in [-0.3, -0.25) is 23.7 Å². The predicted octanol–water partition coefficient (Wildman–Crippen LogP) is 4.69. The van der Waals surface area contributed by atoms with Crippen LogP contribution in [-0.2, 0) is 9.59 Å². The van der Waals surface area contributed by atoms with E-state index >= 15 is 0 Å². The molecule has 0 saturated carbocycles. The van der Waals surface area contributed by atoms with E-state index in [0.717, 1.165) is 16.7 Å². The summed E-state index contributed by atoms with van der Waals surface area (Å²) in [6, 6.07) is 15.0. The van der Waals surface area contributed by atoms with Crippen molar-refractivity contribution in [3.63, 3.8) is 0 Å². The minimum absolute atomic E-state index is 0.110. The smallest absolute Gasteiger partial charge is 0.303 e. The van der Waals surface area contributed by atoms with Crippen molar-refractivity contribution in [3.05, 3.63) is 75.6 Å². The van der Waals surface area contributed by atoms with Crippen molar-refractivity contribution in [1.82, 2.24) is 14.3 Å². The molecule has 1 fully saturated rings. The Morgan fingerprint density at radius 2 is 1.85 bits per heavy atom. The molecule has 10 heteroatoms. The van der Waals surface area contributed by atoms with Crippen molar-refractivity contribution in [2.45, 2.75) is 35.6 Å². The van der Waals surface area contributed by atoms with Crippen LogP contribution in [0.4, 0.5) is 0 Å². The Hall–Kier alpha value is -2.95. The van der Waals surface area contributed by atoms with E-state index in [2.05, 4.69) is 4.98 Å². The molecule has 0 spiro atoms. The number of amides is 1. The van der Waals surface area contributed by atoms with Crippen LogP contribution in [0.15, 0.2) is 74.3 Å². The summed E-state index contributed by atoms with van der Waals surface area (Å²) in [5, 5.41) is 9.27. The zero-order valence-electron chi connectivity index (χ0n) is 18.0. The Morgan fingerprint density at radius 1 is 1.09 bits per heavy atom. The molecule has 1 aliphatic heterocycles. The molecule has 34 heavy (non-hydrogen) atoms. The summed E-state index contributed by atoms with van der Waals surface area (Å²) in [5.74, 6) is -1.07. The summed E-state index contributed by atoms with van der Waals surface area (Å²) in [7, 11) is 0. The van der Waals surface area contributed by atoms with E-state index in [-0.39, 0.29) is 17.9 Å². The molecule has 0 radical (unpaired) electrons. The lowest BCUT2D eigenvalue weighted by Crippen LogP contribution is -2.29. The van der Waals surface area contributed by atoms with Crippen molar-refractivity contribution in [2.75, 3.05) is 6.54 Å². The summed E-state index contributed by atoms with van der Waals surface area (Å²) < 4.78 is 1.89. The number of aliphatic carboxylic acids is 1. The average Bonchev–Trinajstić information content (AvgIpc) is 3.09. The molecule has 1 N–H and O–H groups in total. The number of thioether (sulfide) groups is 1. The first-order valence-electron chi connectivity index (χ1n) is 10.7. The molecule has 1 saturated heterocycles. The molecular weight excluding hydrogens is 490 g/mol. The third-order valence-electron chi connectivity index (χ3n) is 5.11. The largest absolute Gasteiger partial charge is 0.481 e. The minimum Gasteiger partial charge on any atom is -0.481 e. The number of carboxylic acid groups (broad SMARTS) is 1. The molecule has 1 aromatic carbocycles. The number of aromatic nitrogens is 2. The fourth-order valence-electron chi connectivity index (χ4n) is 3.43. The zero-order chi connectivity index (χ0) is 24.1. The van der Waals surface area contributed by atoms with Crippen LogP contribution in [0, 0.1) is 0 Å². The SMILES string of the molecule is O=C(O)CCCCCN1C(=O)/C(=C\c2c(Sc3ccccc3)nc3ccccn3c2=O)SC1=S. The van der Waals surface area contributed by atoms with Crippen LogP contribution in [0.1, 0.15) is 31.2 Å². The van der Waals surface area contributed by atoms with Crippen LogP contribution >= 0.6 is 35.7 Å². The van der Waals surface area contributed by atoms with Crippen molar-refractivity contribution >= 4 is 63.7 Å². The first-order valence-corrected chi connectivity index (χ1v) is 12.7. The molecule has 1 amide bonds. The Bertz CT molecular complexity index is 1340. The lowest BCUT2D eigenvalue weighted by atomic mass is 10.2. The number of rotatable bonds is 9. The number of hydrogen-bond donors (Lipinski definition) is 1. The summed E-state index contributed by atoms with van der Waals surface area (Å²) in [6.45, 7) is 0.419. The second-order valence-electron chi connectivity index (χ2n) is 7.52. The molecule has 0 atom stereocenters. The molecule has 0 aliphatic carbocycles. The van der Waals surface area contributed by atoms with Gasteiger partial charge in [-0.1, -0.05) is 66.4 Å². The molecule has 1 aliphatic rings. The molecular formula is C24H21N3O4S3. The maximum atomic E-state index is 13.3. The predicted molar refractivity (Wildman–Crippen MR) is 138 cm³/mol. The standard InChI is InChI=1S/C24H21N3O4S3/c28-20(29)12-5-2-7-14-27-23(31)18(34-24(27)32)15-17-21(33-16-9-3-1-4-10-16)25-19-11-6-8-13-26(19)22(17)30/h1,3-4,6,8-11,13,15H,2,5,7,12,14H2,(H,28,29)/b18-15+. The number of pyridine rings is 1. The first-order chi connectivity index (χ1) is 16.4. The van der Waals surface area contributed by atoms with Gasteiger partial charge in [-0.15, -0.1) is 0 Å². The van der Waals surface area contributed by atoms with Crippen LogP contribution in [0.3, 0.4) is 0 Å². The Kier molecular flexibility index (Phi) is 7.81. The third kappa shape index (κ3) is 5.57. The van der Waals surface area contributed by atoms with E-state index in [9.17, 15) is 14.4 Å². The van der Waals surface area contributed by atoms with Gasteiger partial charge in [0.2, 0.25) is 0 Å². The zero-order valence-corrected chi connectivity index (χ0v) is 20.5. The second-order valence-corrected chi connectivity index (χ2v) is 10.3. The number of fused-ring (bicyclic) bond motifs is 1. The van der Waals surface area contributed by atoms with E-state index in [1.165, 1.54) is 21.1 Å². The molecule has 3 heterocycles. The highest BCUT2D eigenvalue weighted by atomic mass is 32.2. The number of thiocarbonyl (C=S) groups is 1. The quantitative estimate of drug-likeness (QED) is 0.191. The highest BCUT2D eigenvalue weighted by Gasteiger charge is 2.32. The van der Waals surface area contributed by atoms with Gasteiger partial charge in [0.1, 0.15) is 15.0 Å². The number of hydrogen-bond acceptors (Lipinski definition) is 7. The molecule has 3 aromatic rings. The molecule has 7 nitrogen and oxygen atoms in total. The molecule has 0 bridgehead atoms. The van der Waals surface area contributed by atoms with E-state index in [1.54, 1.807) is 24.4 Å². The van der Waals surface area contributed by atoms with Crippen LogP contribution < -0.4 is 5.56 Å². The Morgan fingerprint density at radius 3 is 2.62 bits per heavy atom. The molecule has 0 unspecified atom stereocenters. The van der Waals surface area contributed by atoms with E-state index in [1.807, 2.05) is 36.4 Å². The lowest BCUT2D eigenvalue weighted by molar-refractivity contribution is -0.137. The highest BCUT2D eigenvalue weighted by molar-refractivity contribution is 8.26. The second kappa shape index (κ2) is 11.0. The molecule has 2 aromatic heterocycles. The highest BCUT2D eigenvalue weighted by Crippen LogP contribution is 2.35. The van der Waals surface area contributed by atoms with Crippen molar-refractivity contribution in [3.8, 4) is 0 Å². The van der Waals surface area contributed by atoms with E-state index in [4.69, 9.17) is 17.3 Å². The first kappa shape index (κ1) is 24.2. The van der Waals surface area contributed by atoms with Crippen molar-refractivity contribution in [1.29, 1.82) is 0 Å². The van der Waals surface area contributed by atoms with Crippen LogP contribution in [0.25, 0.3) is 11.7 Å². The van der Waals surface area contributed by atoms with Crippen LogP contribution in [0.2, 0.25) is 0 Å². The molecule has 4 rings (SSSR count).